The number of carboxylic acid groups (broad SMARTS) is 1. The molecule has 1 heterocycles. The van der Waals surface area contributed by atoms with Crippen molar-refractivity contribution in [2.24, 2.45) is 5.73 Å². The first-order valence-corrected chi connectivity index (χ1v) is 5.04. The average molecular weight is 208 g/mol. The molecule has 0 aliphatic heterocycles. The lowest BCUT2D eigenvalue weighted by Gasteiger charge is -2.12. The van der Waals surface area contributed by atoms with Gasteiger partial charge in [0.1, 0.15) is 0 Å². The normalized spacial score (nSPS) is 12.4. The van der Waals surface area contributed by atoms with E-state index in [9.17, 15) is 4.79 Å². The zero-order valence-electron chi connectivity index (χ0n) is 8.81. The molecule has 0 spiro atoms. The number of pyridine rings is 1. The van der Waals surface area contributed by atoms with E-state index in [1.165, 1.54) is 0 Å². The number of nitrogens with two attached hydrogens (primary N) is 1. The van der Waals surface area contributed by atoms with Crippen LogP contribution in [-0.2, 0) is 11.2 Å². The van der Waals surface area contributed by atoms with E-state index in [1.54, 1.807) is 6.20 Å². The molecule has 1 unspecified atom stereocenters. The molecule has 0 bridgehead atoms. The number of carboxylic acids is 1. The zero-order valence-corrected chi connectivity index (χ0v) is 8.81. The Morgan fingerprint density at radius 2 is 2.33 bits per heavy atom. The Morgan fingerprint density at radius 1 is 1.60 bits per heavy atom. The SMILES string of the molecule is CCc1ccc(C(CN)CC(=O)O)cn1. The molecule has 0 radical (unpaired) electrons. The van der Waals surface area contributed by atoms with Crippen molar-refractivity contribution in [3.8, 4) is 0 Å². The second-order valence-corrected chi connectivity index (χ2v) is 3.47. The Kier molecular flexibility index (Phi) is 4.24. The van der Waals surface area contributed by atoms with Gasteiger partial charge < -0.3 is 10.8 Å². The van der Waals surface area contributed by atoms with Crippen molar-refractivity contribution < 1.29 is 9.90 Å². The van der Waals surface area contributed by atoms with Gasteiger partial charge in [-0.2, -0.15) is 0 Å². The van der Waals surface area contributed by atoms with Gasteiger partial charge in [-0.05, 0) is 24.6 Å². The number of carbonyl (C=O) groups is 1. The minimum absolute atomic E-state index is 0.0592. The van der Waals surface area contributed by atoms with E-state index >= 15 is 0 Å². The summed E-state index contributed by atoms with van der Waals surface area (Å²) in [5.41, 5.74) is 7.44. The van der Waals surface area contributed by atoms with Crippen LogP contribution in [0.5, 0.6) is 0 Å². The maximum Gasteiger partial charge on any atom is 0.304 e. The van der Waals surface area contributed by atoms with E-state index in [4.69, 9.17) is 10.8 Å². The molecule has 3 N–H and O–H groups in total. The molecule has 4 nitrogen and oxygen atoms in total. The molecular weight excluding hydrogens is 192 g/mol. The van der Waals surface area contributed by atoms with Gasteiger partial charge in [0.25, 0.3) is 0 Å². The predicted octanol–water partition coefficient (Wildman–Crippen LogP) is 1.16. The summed E-state index contributed by atoms with van der Waals surface area (Å²) in [6.07, 6.45) is 2.66. The number of hydrogen-bond acceptors (Lipinski definition) is 3. The second kappa shape index (κ2) is 5.46. The van der Waals surface area contributed by atoms with Gasteiger partial charge in [0.05, 0.1) is 6.42 Å². The Balaban J connectivity index is 2.78. The number of nitrogens with zero attached hydrogens (tertiary/aromatic N) is 1. The molecule has 0 amide bonds. The van der Waals surface area contributed by atoms with Gasteiger partial charge >= 0.3 is 5.97 Å². The van der Waals surface area contributed by atoms with Crippen molar-refractivity contribution in [1.29, 1.82) is 0 Å². The summed E-state index contributed by atoms with van der Waals surface area (Å²) in [7, 11) is 0. The van der Waals surface area contributed by atoms with Crippen LogP contribution in [-0.4, -0.2) is 22.6 Å². The number of aromatic nitrogens is 1. The van der Waals surface area contributed by atoms with Crippen molar-refractivity contribution in [3.63, 3.8) is 0 Å². The number of aliphatic carboxylic acids is 1. The van der Waals surface area contributed by atoms with Crippen LogP contribution >= 0.6 is 0 Å². The fourth-order valence-electron chi connectivity index (χ4n) is 1.43. The fraction of sp³-hybridized carbons (Fsp3) is 0.455. The summed E-state index contributed by atoms with van der Waals surface area (Å²) < 4.78 is 0. The molecule has 15 heavy (non-hydrogen) atoms. The van der Waals surface area contributed by atoms with E-state index in [-0.39, 0.29) is 12.3 Å². The molecule has 82 valence electrons. The van der Waals surface area contributed by atoms with Crippen LogP contribution in [0.4, 0.5) is 0 Å². The summed E-state index contributed by atoms with van der Waals surface area (Å²) in [6.45, 7) is 2.36. The number of hydrogen-bond donors (Lipinski definition) is 2. The lowest BCUT2D eigenvalue weighted by Crippen LogP contribution is -2.16. The average Bonchev–Trinajstić information content (AvgIpc) is 2.26. The zero-order chi connectivity index (χ0) is 11.3. The van der Waals surface area contributed by atoms with Gasteiger partial charge in [0, 0.05) is 17.8 Å². The molecule has 0 aliphatic carbocycles. The predicted molar refractivity (Wildman–Crippen MR) is 57.7 cm³/mol. The van der Waals surface area contributed by atoms with Gasteiger partial charge in [-0.15, -0.1) is 0 Å². The Labute approximate surface area is 89.1 Å². The molecular formula is C11H16N2O2. The van der Waals surface area contributed by atoms with Crippen molar-refractivity contribution in [2.75, 3.05) is 6.54 Å². The highest BCUT2D eigenvalue weighted by molar-refractivity contribution is 5.68. The molecule has 1 rings (SSSR count). The monoisotopic (exact) mass is 208 g/mol. The van der Waals surface area contributed by atoms with Crippen LogP contribution < -0.4 is 5.73 Å². The summed E-state index contributed by atoms with van der Waals surface area (Å²) in [5, 5.41) is 8.70. The Hall–Kier alpha value is -1.42. The summed E-state index contributed by atoms with van der Waals surface area (Å²) in [5.74, 6) is -0.967. The Bertz CT molecular complexity index is 322. The van der Waals surface area contributed by atoms with Crippen LogP contribution in [0.1, 0.15) is 30.5 Å². The first-order valence-electron chi connectivity index (χ1n) is 5.04. The lowest BCUT2D eigenvalue weighted by atomic mass is 9.97. The van der Waals surface area contributed by atoms with Crippen LogP contribution in [0.2, 0.25) is 0 Å². The quantitative estimate of drug-likeness (QED) is 0.761. The maximum absolute atomic E-state index is 10.6. The summed E-state index contributed by atoms with van der Waals surface area (Å²) >= 11 is 0. The van der Waals surface area contributed by atoms with E-state index in [0.717, 1.165) is 17.7 Å². The summed E-state index contributed by atoms with van der Waals surface area (Å²) in [6, 6.07) is 3.83. The topological polar surface area (TPSA) is 76.2 Å². The van der Waals surface area contributed by atoms with E-state index < -0.39 is 5.97 Å². The maximum atomic E-state index is 10.6. The first kappa shape index (κ1) is 11.7. The molecule has 1 aromatic heterocycles. The lowest BCUT2D eigenvalue weighted by molar-refractivity contribution is -0.137. The van der Waals surface area contributed by atoms with Crippen molar-refractivity contribution >= 4 is 5.97 Å². The van der Waals surface area contributed by atoms with Crippen LogP contribution in [0.15, 0.2) is 18.3 Å². The number of aryl methyl sites for hydroxylation is 1. The van der Waals surface area contributed by atoms with E-state index in [1.807, 2.05) is 19.1 Å². The third-order valence-corrected chi connectivity index (χ3v) is 2.39. The molecule has 1 atom stereocenters. The molecule has 4 heteroatoms. The minimum Gasteiger partial charge on any atom is -0.481 e. The van der Waals surface area contributed by atoms with Gasteiger partial charge in [-0.3, -0.25) is 9.78 Å². The molecule has 0 saturated carbocycles. The highest BCUT2D eigenvalue weighted by Gasteiger charge is 2.13. The van der Waals surface area contributed by atoms with E-state index in [2.05, 4.69) is 4.98 Å². The Morgan fingerprint density at radius 3 is 2.73 bits per heavy atom. The van der Waals surface area contributed by atoms with Crippen LogP contribution in [0.25, 0.3) is 0 Å². The third-order valence-electron chi connectivity index (χ3n) is 2.39. The van der Waals surface area contributed by atoms with Gasteiger partial charge in [0.15, 0.2) is 0 Å². The van der Waals surface area contributed by atoms with Gasteiger partial charge in [-0.1, -0.05) is 13.0 Å². The third kappa shape index (κ3) is 3.32. The molecule has 0 fully saturated rings. The molecule has 0 saturated heterocycles. The fourth-order valence-corrected chi connectivity index (χ4v) is 1.43. The largest absolute Gasteiger partial charge is 0.481 e. The smallest absolute Gasteiger partial charge is 0.304 e. The van der Waals surface area contributed by atoms with Crippen LogP contribution in [0.3, 0.4) is 0 Å². The second-order valence-electron chi connectivity index (χ2n) is 3.47. The van der Waals surface area contributed by atoms with Crippen molar-refractivity contribution in [1.82, 2.24) is 4.98 Å². The molecule has 1 aromatic rings. The summed E-state index contributed by atoms with van der Waals surface area (Å²) in [4.78, 5) is 14.8. The highest BCUT2D eigenvalue weighted by atomic mass is 16.4. The molecule has 0 aliphatic rings. The van der Waals surface area contributed by atoms with Gasteiger partial charge in [0.2, 0.25) is 0 Å². The molecule has 0 aromatic carbocycles. The van der Waals surface area contributed by atoms with E-state index in [0.29, 0.717) is 6.54 Å². The van der Waals surface area contributed by atoms with Crippen molar-refractivity contribution in [2.45, 2.75) is 25.7 Å². The highest BCUT2D eigenvalue weighted by Crippen LogP contribution is 2.17. The van der Waals surface area contributed by atoms with Crippen molar-refractivity contribution in [3.05, 3.63) is 29.6 Å². The number of rotatable bonds is 5. The first-order chi connectivity index (χ1) is 7.17. The minimum atomic E-state index is -0.829. The van der Waals surface area contributed by atoms with Gasteiger partial charge in [-0.25, -0.2) is 0 Å². The van der Waals surface area contributed by atoms with Crippen LogP contribution in [0, 0.1) is 0 Å². The standard InChI is InChI=1S/C11H16N2O2/c1-2-10-4-3-8(7-13-10)9(6-12)5-11(14)15/h3-4,7,9H,2,5-6,12H2,1H3,(H,14,15).